The van der Waals surface area contributed by atoms with Crippen molar-refractivity contribution in [2.75, 3.05) is 6.61 Å². The second-order valence-electron chi connectivity index (χ2n) is 3.61. The molecule has 0 fully saturated rings. The van der Waals surface area contributed by atoms with Gasteiger partial charge in [0.2, 0.25) is 0 Å². The normalized spacial score (nSPS) is 12.6. The molecule has 7 heteroatoms. The molecule has 0 heterocycles. The summed E-state index contributed by atoms with van der Waals surface area (Å²) < 4.78 is 66.9. The van der Waals surface area contributed by atoms with Crippen LogP contribution < -0.4 is 10.2 Å². The van der Waals surface area contributed by atoms with Crippen molar-refractivity contribution >= 4 is 13.3 Å². The van der Waals surface area contributed by atoms with Crippen LogP contribution in [0.4, 0.5) is 22.0 Å². The molecule has 0 aliphatic heterocycles. The Bertz CT molecular complexity index is 397. The SMILES string of the molecule is [B]c1ccc(C(F)(F)F)c(OCC(C)(F)F)c1. The first kappa shape index (κ1) is 13.8. The summed E-state index contributed by atoms with van der Waals surface area (Å²) in [5.41, 5.74) is -1.12. The Morgan fingerprint density at radius 2 is 1.76 bits per heavy atom. The molecule has 0 N–H and O–H groups in total. The van der Waals surface area contributed by atoms with Crippen molar-refractivity contribution < 1.29 is 26.7 Å². The molecular weight excluding hydrogens is 242 g/mol. The van der Waals surface area contributed by atoms with Gasteiger partial charge in [-0.15, -0.1) is 0 Å². The zero-order valence-corrected chi connectivity index (χ0v) is 8.81. The summed E-state index contributed by atoms with van der Waals surface area (Å²) in [6.07, 6.45) is -4.67. The largest absolute Gasteiger partial charge is 0.487 e. The van der Waals surface area contributed by atoms with Crippen LogP contribution in [0.25, 0.3) is 0 Å². The van der Waals surface area contributed by atoms with Crippen molar-refractivity contribution in [1.82, 2.24) is 0 Å². The highest BCUT2D eigenvalue weighted by Gasteiger charge is 2.35. The number of hydrogen-bond acceptors (Lipinski definition) is 1. The highest BCUT2D eigenvalue weighted by atomic mass is 19.4. The minimum absolute atomic E-state index is 0.00687. The third kappa shape index (κ3) is 4.24. The van der Waals surface area contributed by atoms with Crippen LogP contribution in [-0.4, -0.2) is 20.4 Å². The first-order valence-electron chi connectivity index (χ1n) is 4.57. The number of halogens is 5. The summed E-state index contributed by atoms with van der Waals surface area (Å²) in [7, 11) is 5.28. The van der Waals surface area contributed by atoms with Crippen LogP contribution >= 0.6 is 0 Å². The van der Waals surface area contributed by atoms with Gasteiger partial charge in [-0.3, -0.25) is 0 Å². The van der Waals surface area contributed by atoms with E-state index in [4.69, 9.17) is 7.85 Å². The third-order valence-electron chi connectivity index (χ3n) is 1.79. The molecule has 1 nitrogen and oxygen atoms in total. The van der Waals surface area contributed by atoms with E-state index in [1.54, 1.807) is 0 Å². The van der Waals surface area contributed by atoms with E-state index in [9.17, 15) is 22.0 Å². The third-order valence-corrected chi connectivity index (χ3v) is 1.79. The number of alkyl halides is 5. The number of rotatable bonds is 3. The van der Waals surface area contributed by atoms with Crippen LogP contribution in [0.1, 0.15) is 12.5 Å². The molecule has 0 atom stereocenters. The summed E-state index contributed by atoms with van der Waals surface area (Å²) in [4.78, 5) is 0. The quantitative estimate of drug-likeness (QED) is 0.591. The summed E-state index contributed by atoms with van der Waals surface area (Å²) in [6, 6.07) is 2.59. The lowest BCUT2D eigenvalue weighted by Gasteiger charge is -2.17. The van der Waals surface area contributed by atoms with Crippen molar-refractivity contribution in [3.8, 4) is 5.75 Å². The fraction of sp³-hybridized carbons (Fsp3) is 0.400. The van der Waals surface area contributed by atoms with E-state index in [1.165, 1.54) is 0 Å². The maximum Gasteiger partial charge on any atom is 0.419 e. The van der Waals surface area contributed by atoms with E-state index in [2.05, 4.69) is 4.74 Å². The Morgan fingerprint density at radius 3 is 2.24 bits per heavy atom. The van der Waals surface area contributed by atoms with Crippen molar-refractivity contribution in [3.05, 3.63) is 23.8 Å². The number of ether oxygens (including phenoxy) is 1. The van der Waals surface area contributed by atoms with Gasteiger partial charge in [-0.05, 0) is 12.1 Å². The summed E-state index contributed by atoms with van der Waals surface area (Å²) in [5.74, 6) is -3.91. The molecule has 0 spiro atoms. The van der Waals surface area contributed by atoms with Crippen LogP contribution in [-0.2, 0) is 6.18 Å². The molecule has 17 heavy (non-hydrogen) atoms. The van der Waals surface area contributed by atoms with Gasteiger partial charge >= 0.3 is 6.18 Å². The van der Waals surface area contributed by atoms with Gasteiger partial charge in [0.15, 0.2) is 6.61 Å². The smallest absolute Gasteiger partial charge is 0.419 e. The van der Waals surface area contributed by atoms with Gasteiger partial charge in [-0.1, -0.05) is 11.5 Å². The van der Waals surface area contributed by atoms with Crippen LogP contribution in [0.2, 0.25) is 0 Å². The zero-order chi connectivity index (χ0) is 13.3. The van der Waals surface area contributed by atoms with Gasteiger partial charge < -0.3 is 4.74 Å². The minimum Gasteiger partial charge on any atom is -0.487 e. The Labute approximate surface area is 96.0 Å². The van der Waals surface area contributed by atoms with E-state index in [0.717, 1.165) is 12.1 Å². The molecule has 1 aromatic rings. The van der Waals surface area contributed by atoms with Crippen molar-refractivity contribution in [3.63, 3.8) is 0 Å². The van der Waals surface area contributed by atoms with E-state index < -0.39 is 30.0 Å². The van der Waals surface area contributed by atoms with Crippen LogP contribution in [0.5, 0.6) is 5.75 Å². The molecule has 0 aliphatic rings. The monoisotopic (exact) mass is 250 g/mol. The average molecular weight is 250 g/mol. The lowest BCUT2D eigenvalue weighted by molar-refractivity contribution is -0.139. The minimum atomic E-state index is -4.67. The molecule has 1 rings (SSSR count). The second-order valence-corrected chi connectivity index (χ2v) is 3.61. The number of hydrogen-bond donors (Lipinski definition) is 0. The first-order valence-corrected chi connectivity index (χ1v) is 4.57. The van der Waals surface area contributed by atoms with E-state index in [1.807, 2.05) is 0 Å². The zero-order valence-electron chi connectivity index (χ0n) is 8.81. The summed E-state index contributed by atoms with van der Waals surface area (Å²) in [6.45, 7) is -0.591. The molecule has 0 unspecified atom stereocenters. The molecule has 2 radical (unpaired) electrons. The van der Waals surface area contributed by atoms with Crippen molar-refractivity contribution in [2.24, 2.45) is 0 Å². The van der Waals surface area contributed by atoms with Crippen LogP contribution in [0, 0.1) is 0 Å². The first-order chi connectivity index (χ1) is 7.59. The molecule has 0 saturated carbocycles. The summed E-state index contributed by atoms with van der Waals surface area (Å²) >= 11 is 0. The second kappa shape index (κ2) is 4.54. The Balaban J connectivity index is 3.00. The van der Waals surface area contributed by atoms with E-state index >= 15 is 0 Å². The molecule has 0 amide bonds. The predicted molar refractivity (Wildman–Crippen MR) is 52.9 cm³/mol. The number of benzene rings is 1. The maximum absolute atomic E-state index is 12.5. The molecule has 0 aliphatic carbocycles. The highest BCUT2D eigenvalue weighted by molar-refractivity contribution is 6.32. The Hall–Kier alpha value is -1.27. The van der Waals surface area contributed by atoms with Gasteiger partial charge in [0.05, 0.1) is 5.56 Å². The Morgan fingerprint density at radius 1 is 1.18 bits per heavy atom. The molecule has 1 aromatic carbocycles. The maximum atomic E-state index is 12.5. The molecule has 0 aromatic heterocycles. The topological polar surface area (TPSA) is 9.23 Å². The highest BCUT2D eigenvalue weighted by Crippen LogP contribution is 2.35. The van der Waals surface area contributed by atoms with Gasteiger partial charge in [0.1, 0.15) is 13.6 Å². The van der Waals surface area contributed by atoms with Gasteiger partial charge in [0, 0.05) is 6.92 Å². The molecule has 92 valence electrons. The van der Waals surface area contributed by atoms with E-state index in [0.29, 0.717) is 13.0 Å². The molecular formula is C10H8BF5O. The molecule has 0 bridgehead atoms. The lowest BCUT2D eigenvalue weighted by atomic mass is 9.94. The van der Waals surface area contributed by atoms with E-state index in [-0.39, 0.29) is 5.46 Å². The van der Waals surface area contributed by atoms with Crippen LogP contribution in [0.3, 0.4) is 0 Å². The Kier molecular flexibility index (Phi) is 3.69. The van der Waals surface area contributed by atoms with Gasteiger partial charge in [-0.25, -0.2) is 8.78 Å². The fourth-order valence-corrected chi connectivity index (χ4v) is 1.10. The standard InChI is InChI=1S/C10H8BF5O/c1-9(12,13)5-17-8-4-6(11)2-3-7(8)10(14,15)16/h2-4H,5H2,1H3. The van der Waals surface area contributed by atoms with Gasteiger partial charge in [-0.2, -0.15) is 13.2 Å². The summed E-state index contributed by atoms with van der Waals surface area (Å²) in [5, 5.41) is 0. The molecule has 0 saturated heterocycles. The lowest BCUT2D eigenvalue weighted by Crippen LogP contribution is -2.23. The predicted octanol–water partition coefficient (Wildman–Crippen LogP) is 2.53. The van der Waals surface area contributed by atoms with Crippen molar-refractivity contribution in [1.29, 1.82) is 0 Å². The van der Waals surface area contributed by atoms with Gasteiger partial charge in [0.25, 0.3) is 5.92 Å². The average Bonchev–Trinajstić information content (AvgIpc) is 2.11. The fourth-order valence-electron chi connectivity index (χ4n) is 1.10. The van der Waals surface area contributed by atoms with Crippen LogP contribution in [0.15, 0.2) is 18.2 Å². The van der Waals surface area contributed by atoms with Crippen molar-refractivity contribution in [2.45, 2.75) is 19.0 Å².